The standard InChI is InChI=1S/C10H17NO6S2/c12-3-1-8(10(14)15)11-9(13)5-18-7-2-4-19(16,17)6-7/h7-8,12H,1-6H2,(H,11,13)(H,14,15). The molecule has 19 heavy (non-hydrogen) atoms. The van der Waals surface area contributed by atoms with E-state index in [0.29, 0.717) is 6.42 Å². The zero-order valence-electron chi connectivity index (χ0n) is 10.2. The molecule has 2 atom stereocenters. The number of sulfone groups is 1. The lowest BCUT2D eigenvalue weighted by atomic mass is 10.2. The average Bonchev–Trinajstić information content (AvgIpc) is 2.66. The van der Waals surface area contributed by atoms with Crippen LogP contribution in [0.1, 0.15) is 12.8 Å². The predicted octanol–water partition coefficient (Wildman–Crippen LogP) is -1.14. The Labute approximate surface area is 115 Å². The average molecular weight is 311 g/mol. The molecule has 1 rings (SSSR count). The Hall–Kier alpha value is -0.800. The molecule has 1 fully saturated rings. The highest BCUT2D eigenvalue weighted by molar-refractivity contribution is 8.02. The number of carboxylic acids is 1. The zero-order valence-corrected chi connectivity index (χ0v) is 11.9. The summed E-state index contributed by atoms with van der Waals surface area (Å²) in [5.74, 6) is -1.42. The number of carbonyl (C=O) groups is 2. The summed E-state index contributed by atoms with van der Waals surface area (Å²) in [5.41, 5.74) is 0. The monoisotopic (exact) mass is 311 g/mol. The lowest BCUT2D eigenvalue weighted by molar-refractivity contribution is -0.141. The van der Waals surface area contributed by atoms with Gasteiger partial charge in [-0.1, -0.05) is 0 Å². The van der Waals surface area contributed by atoms with E-state index in [1.807, 2.05) is 0 Å². The number of carboxylic acid groups (broad SMARTS) is 1. The number of rotatable bonds is 7. The summed E-state index contributed by atoms with van der Waals surface area (Å²) in [6.07, 6.45) is 0.475. The third-order valence-corrected chi connectivity index (χ3v) is 5.97. The molecule has 0 radical (unpaired) electrons. The summed E-state index contributed by atoms with van der Waals surface area (Å²) in [6.45, 7) is -0.328. The van der Waals surface area contributed by atoms with Crippen LogP contribution in [0.3, 0.4) is 0 Å². The number of carbonyl (C=O) groups excluding carboxylic acids is 1. The van der Waals surface area contributed by atoms with Gasteiger partial charge in [-0.3, -0.25) is 4.79 Å². The fraction of sp³-hybridized carbons (Fsp3) is 0.800. The van der Waals surface area contributed by atoms with Crippen molar-refractivity contribution in [2.24, 2.45) is 0 Å². The molecule has 0 aromatic rings. The highest BCUT2D eigenvalue weighted by atomic mass is 32.2. The van der Waals surface area contributed by atoms with Crippen LogP contribution in [0.5, 0.6) is 0 Å². The van der Waals surface area contributed by atoms with Crippen molar-refractivity contribution in [3.8, 4) is 0 Å². The second-order valence-electron chi connectivity index (χ2n) is 4.31. The molecule has 7 nitrogen and oxygen atoms in total. The second-order valence-corrected chi connectivity index (χ2v) is 7.82. The largest absolute Gasteiger partial charge is 0.480 e. The number of hydrogen-bond acceptors (Lipinski definition) is 6. The Morgan fingerprint density at radius 1 is 1.42 bits per heavy atom. The van der Waals surface area contributed by atoms with E-state index in [-0.39, 0.29) is 35.5 Å². The molecular formula is C10H17NO6S2. The highest BCUT2D eigenvalue weighted by Gasteiger charge is 2.29. The number of nitrogens with one attached hydrogen (secondary N) is 1. The molecule has 3 N–H and O–H groups in total. The third-order valence-electron chi connectivity index (χ3n) is 2.69. The van der Waals surface area contributed by atoms with Crippen molar-refractivity contribution in [2.45, 2.75) is 24.1 Å². The van der Waals surface area contributed by atoms with Gasteiger partial charge in [-0.15, -0.1) is 11.8 Å². The first-order valence-electron chi connectivity index (χ1n) is 5.79. The predicted molar refractivity (Wildman–Crippen MR) is 70.8 cm³/mol. The van der Waals surface area contributed by atoms with Crippen molar-refractivity contribution in [1.82, 2.24) is 5.32 Å². The van der Waals surface area contributed by atoms with Crippen LogP contribution in [0.15, 0.2) is 0 Å². The maximum atomic E-state index is 11.5. The van der Waals surface area contributed by atoms with Gasteiger partial charge in [-0.25, -0.2) is 13.2 Å². The first-order valence-corrected chi connectivity index (χ1v) is 8.66. The topological polar surface area (TPSA) is 121 Å². The fourth-order valence-electron chi connectivity index (χ4n) is 1.71. The quantitative estimate of drug-likeness (QED) is 0.543. The highest BCUT2D eigenvalue weighted by Crippen LogP contribution is 2.23. The van der Waals surface area contributed by atoms with E-state index in [2.05, 4.69) is 5.32 Å². The third kappa shape index (κ3) is 5.79. The van der Waals surface area contributed by atoms with E-state index in [9.17, 15) is 18.0 Å². The summed E-state index contributed by atoms with van der Waals surface area (Å²) in [4.78, 5) is 22.3. The number of aliphatic hydroxyl groups is 1. The molecule has 0 aromatic heterocycles. The van der Waals surface area contributed by atoms with Gasteiger partial charge in [0.1, 0.15) is 6.04 Å². The van der Waals surface area contributed by atoms with E-state index in [1.165, 1.54) is 11.8 Å². The van der Waals surface area contributed by atoms with Crippen LogP contribution in [0, 0.1) is 0 Å². The molecule has 9 heteroatoms. The molecular weight excluding hydrogens is 294 g/mol. The van der Waals surface area contributed by atoms with Crippen molar-refractivity contribution < 1.29 is 28.2 Å². The van der Waals surface area contributed by atoms with Gasteiger partial charge in [0.25, 0.3) is 0 Å². The van der Waals surface area contributed by atoms with E-state index in [0.717, 1.165) is 0 Å². The van der Waals surface area contributed by atoms with Crippen LogP contribution in [-0.4, -0.2) is 65.7 Å². The van der Waals surface area contributed by atoms with Crippen LogP contribution in [0.4, 0.5) is 0 Å². The van der Waals surface area contributed by atoms with Gasteiger partial charge >= 0.3 is 5.97 Å². The molecule has 1 amide bonds. The maximum absolute atomic E-state index is 11.5. The van der Waals surface area contributed by atoms with Gasteiger partial charge in [-0.05, 0) is 6.42 Å². The molecule has 110 valence electrons. The van der Waals surface area contributed by atoms with Crippen molar-refractivity contribution in [1.29, 1.82) is 0 Å². The summed E-state index contributed by atoms with van der Waals surface area (Å²) in [5, 5.41) is 19.7. The molecule has 0 spiro atoms. The minimum Gasteiger partial charge on any atom is -0.480 e. The lowest BCUT2D eigenvalue weighted by Crippen LogP contribution is -2.42. The Balaban J connectivity index is 2.33. The Morgan fingerprint density at radius 2 is 2.11 bits per heavy atom. The van der Waals surface area contributed by atoms with Gasteiger partial charge in [0, 0.05) is 18.3 Å². The molecule has 0 aliphatic carbocycles. The molecule has 2 unspecified atom stereocenters. The smallest absolute Gasteiger partial charge is 0.326 e. The molecule has 1 heterocycles. The van der Waals surface area contributed by atoms with Crippen molar-refractivity contribution >= 4 is 33.5 Å². The molecule has 0 bridgehead atoms. The molecule has 1 aliphatic rings. The molecule has 0 saturated carbocycles. The molecule has 1 aliphatic heterocycles. The van der Waals surface area contributed by atoms with Gasteiger partial charge in [0.05, 0.1) is 17.3 Å². The minimum absolute atomic E-state index is 0.0232. The first kappa shape index (κ1) is 16.3. The van der Waals surface area contributed by atoms with E-state index < -0.39 is 27.8 Å². The van der Waals surface area contributed by atoms with E-state index in [1.54, 1.807) is 0 Å². The lowest BCUT2D eigenvalue weighted by Gasteiger charge is -2.14. The van der Waals surface area contributed by atoms with Crippen LogP contribution in [0.2, 0.25) is 0 Å². The van der Waals surface area contributed by atoms with E-state index >= 15 is 0 Å². The van der Waals surface area contributed by atoms with Gasteiger partial charge < -0.3 is 15.5 Å². The van der Waals surface area contributed by atoms with Gasteiger partial charge in [-0.2, -0.15) is 0 Å². The number of aliphatic hydroxyl groups excluding tert-OH is 1. The normalized spacial score (nSPS) is 22.9. The fourth-order valence-corrected chi connectivity index (χ4v) is 5.16. The number of hydrogen-bond donors (Lipinski definition) is 3. The van der Waals surface area contributed by atoms with Crippen molar-refractivity contribution in [3.05, 3.63) is 0 Å². The second kappa shape index (κ2) is 7.11. The van der Waals surface area contributed by atoms with Crippen molar-refractivity contribution in [2.75, 3.05) is 23.9 Å². The Kier molecular flexibility index (Phi) is 6.08. The molecule has 0 aromatic carbocycles. The van der Waals surface area contributed by atoms with Crippen LogP contribution in [0.25, 0.3) is 0 Å². The van der Waals surface area contributed by atoms with E-state index in [4.69, 9.17) is 10.2 Å². The van der Waals surface area contributed by atoms with Gasteiger partial charge in [0.15, 0.2) is 9.84 Å². The Morgan fingerprint density at radius 3 is 2.58 bits per heavy atom. The van der Waals surface area contributed by atoms with Crippen LogP contribution < -0.4 is 5.32 Å². The van der Waals surface area contributed by atoms with Gasteiger partial charge in [0.2, 0.25) is 5.91 Å². The summed E-state index contributed by atoms with van der Waals surface area (Å²) >= 11 is 1.22. The molecule has 1 saturated heterocycles. The van der Waals surface area contributed by atoms with Crippen LogP contribution >= 0.6 is 11.8 Å². The number of aliphatic carboxylic acids is 1. The first-order chi connectivity index (χ1) is 8.84. The SMILES string of the molecule is O=C(CSC1CCS(=O)(=O)C1)NC(CCO)C(=O)O. The minimum atomic E-state index is -2.97. The summed E-state index contributed by atoms with van der Waals surface area (Å²) in [6, 6.07) is -1.11. The Bertz CT molecular complexity index is 435. The van der Waals surface area contributed by atoms with Crippen molar-refractivity contribution in [3.63, 3.8) is 0 Å². The summed E-state index contributed by atoms with van der Waals surface area (Å²) in [7, 11) is -2.97. The number of amides is 1. The van der Waals surface area contributed by atoms with Crippen LogP contribution in [-0.2, 0) is 19.4 Å². The summed E-state index contributed by atoms with van der Waals surface area (Å²) < 4.78 is 22.4. The zero-order chi connectivity index (χ0) is 14.5. The maximum Gasteiger partial charge on any atom is 0.326 e. The number of thioether (sulfide) groups is 1.